The Kier molecular flexibility index (Phi) is 7.74. The van der Waals surface area contributed by atoms with Gasteiger partial charge in [0.05, 0.1) is 18.8 Å². The van der Waals surface area contributed by atoms with E-state index in [4.69, 9.17) is 4.74 Å². The van der Waals surface area contributed by atoms with Crippen molar-refractivity contribution in [1.82, 2.24) is 26.0 Å². The number of nitrogens with one attached hydrogen (secondary N) is 3. The molecule has 1 rings (SSSR count). The monoisotopic (exact) mass is 255 g/mol. The van der Waals surface area contributed by atoms with Gasteiger partial charge in [-0.25, -0.2) is 0 Å². The molecule has 0 aliphatic heterocycles. The van der Waals surface area contributed by atoms with Crippen LogP contribution in [-0.2, 0) is 16.0 Å². The lowest BCUT2D eigenvalue weighted by Gasteiger charge is -2.04. The van der Waals surface area contributed by atoms with Gasteiger partial charge in [0.15, 0.2) is 0 Å². The molecule has 0 aliphatic carbocycles. The molecule has 0 saturated carbocycles. The van der Waals surface area contributed by atoms with Crippen molar-refractivity contribution in [1.29, 1.82) is 0 Å². The highest BCUT2D eigenvalue weighted by molar-refractivity contribution is 5.77. The Hall–Kier alpha value is -1.47. The summed E-state index contributed by atoms with van der Waals surface area (Å²) in [4.78, 5) is 10.9. The summed E-state index contributed by atoms with van der Waals surface area (Å²) in [5.74, 6) is 0.0128. The van der Waals surface area contributed by atoms with Gasteiger partial charge in [-0.2, -0.15) is 0 Å². The average Bonchev–Trinajstić information content (AvgIpc) is 2.89. The predicted molar refractivity (Wildman–Crippen MR) is 67.1 cm³/mol. The maximum atomic E-state index is 10.9. The van der Waals surface area contributed by atoms with E-state index in [-0.39, 0.29) is 5.91 Å². The molecular weight excluding hydrogens is 234 g/mol. The molecule has 0 atom stereocenters. The van der Waals surface area contributed by atoms with Crippen molar-refractivity contribution in [2.75, 3.05) is 33.4 Å². The minimum Gasteiger partial charge on any atom is -0.381 e. The number of H-pyrrole nitrogens is 1. The van der Waals surface area contributed by atoms with Gasteiger partial charge in [0.1, 0.15) is 0 Å². The maximum Gasteiger partial charge on any atom is 0.233 e. The van der Waals surface area contributed by atoms with Gasteiger partial charge < -0.3 is 15.4 Å². The first-order chi connectivity index (χ1) is 8.83. The zero-order valence-electron chi connectivity index (χ0n) is 10.7. The largest absolute Gasteiger partial charge is 0.381 e. The third kappa shape index (κ3) is 6.97. The van der Waals surface area contributed by atoms with Crippen LogP contribution in [0, 0.1) is 0 Å². The number of aromatic amines is 1. The highest BCUT2D eigenvalue weighted by Gasteiger charge is 1.97. The highest BCUT2D eigenvalue weighted by atomic mass is 16.5. The van der Waals surface area contributed by atoms with Crippen LogP contribution in [0.25, 0.3) is 0 Å². The second-order valence-corrected chi connectivity index (χ2v) is 3.88. The van der Waals surface area contributed by atoms with E-state index < -0.39 is 0 Å². The molecule has 18 heavy (non-hydrogen) atoms. The fourth-order valence-electron chi connectivity index (χ4n) is 1.37. The molecule has 7 heteroatoms. The summed E-state index contributed by atoms with van der Waals surface area (Å²) in [7, 11) is 1.63. The van der Waals surface area contributed by atoms with Crippen LogP contribution in [0.4, 0.5) is 0 Å². The molecule has 0 aromatic carbocycles. The zero-order chi connectivity index (χ0) is 13.1. The quantitative estimate of drug-likeness (QED) is 0.489. The SMILES string of the molecule is CNC(=O)CNCCCCOCCc1c[nH]nn1. The Bertz CT molecular complexity index is 315. The number of unbranched alkanes of at least 4 members (excludes halogenated alkanes) is 1. The fourth-order valence-corrected chi connectivity index (χ4v) is 1.37. The molecule has 3 N–H and O–H groups in total. The molecule has 102 valence electrons. The van der Waals surface area contributed by atoms with Gasteiger partial charge in [-0.3, -0.25) is 9.89 Å². The van der Waals surface area contributed by atoms with Gasteiger partial charge in [0.25, 0.3) is 0 Å². The van der Waals surface area contributed by atoms with Gasteiger partial charge in [0.2, 0.25) is 5.91 Å². The van der Waals surface area contributed by atoms with Gasteiger partial charge in [-0.1, -0.05) is 5.21 Å². The normalized spacial score (nSPS) is 10.5. The Morgan fingerprint density at radius 2 is 2.33 bits per heavy atom. The summed E-state index contributed by atoms with van der Waals surface area (Å²) in [5, 5.41) is 15.8. The molecule has 1 heterocycles. The van der Waals surface area contributed by atoms with Crippen LogP contribution in [0.3, 0.4) is 0 Å². The summed E-state index contributed by atoms with van der Waals surface area (Å²) in [6.07, 6.45) is 4.54. The van der Waals surface area contributed by atoms with E-state index in [9.17, 15) is 4.79 Å². The van der Waals surface area contributed by atoms with E-state index in [0.29, 0.717) is 13.2 Å². The molecule has 1 aromatic rings. The van der Waals surface area contributed by atoms with Crippen molar-refractivity contribution < 1.29 is 9.53 Å². The Morgan fingerprint density at radius 3 is 3.06 bits per heavy atom. The second kappa shape index (κ2) is 9.55. The molecular formula is C11H21N5O2. The summed E-state index contributed by atoms with van der Waals surface area (Å²) in [5.41, 5.74) is 0.919. The lowest BCUT2D eigenvalue weighted by Crippen LogP contribution is -2.31. The van der Waals surface area contributed by atoms with Crippen LogP contribution in [-0.4, -0.2) is 54.7 Å². The lowest BCUT2D eigenvalue weighted by atomic mass is 10.3. The molecule has 0 saturated heterocycles. The number of hydrogen-bond donors (Lipinski definition) is 3. The maximum absolute atomic E-state index is 10.9. The van der Waals surface area contributed by atoms with Crippen molar-refractivity contribution in [3.8, 4) is 0 Å². The first-order valence-corrected chi connectivity index (χ1v) is 6.17. The van der Waals surface area contributed by atoms with Crippen molar-refractivity contribution in [3.63, 3.8) is 0 Å². The number of likely N-dealkylation sites (N-methyl/N-ethyl adjacent to an activating group) is 1. The summed E-state index contributed by atoms with van der Waals surface area (Å²) in [6.45, 7) is 2.61. The molecule has 0 aliphatic rings. The number of carbonyl (C=O) groups excluding carboxylic acids is 1. The Labute approximate surface area is 107 Å². The molecule has 0 unspecified atom stereocenters. The van der Waals surface area contributed by atoms with Gasteiger partial charge in [0, 0.05) is 26.3 Å². The number of nitrogens with zero attached hydrogens (tertiary/aromatic N) is 2. The van der Waals surface area contributed by atoms with Crippen LogP contribution < -0.4 is 10.6 Å². The van der Waals surface area contributed by atoms with E-state index in [1.54, 1.807) is 13.2 Å². The van der Waals surface area contributed by atoms with E-state index in [0.717, 1.165) is 38.1 Å². The van der Waals surface area contributed by atoms with Gasteiger partial charge >= 0.3 is 0 Å². The van der Waals surface area contributed by atoms with Crippen molar-refractivity contribution in [2.24, 2.45) is 0 Å². The third-order valence-electron chi connectivity index (χ3n) is 2.43. The van der Waals surface area contributed by atoms with Crippen molar-refractivity contribution in [3.05, 3.63) is 11.9 Å². The molecule has 0 fully saturated rings. The van der Waals surface area contributed by atoms with E-state index >= 15 is 0 Å². The number of hydrogen-bond acceptors (Lipinski definition) is 5. The van der Waals surface area contributed by atoms with Gasteiger partial charge in [-0.05, 0) is 19.4 Å². The van der Waals surface area contributed by atoms with Crippen molar-refractivity contribution >= 4 is 5.91 Å². The number of amides is 1. The third-order valence-corrected chi connectivity index (χ3v) is 2.43. The van der Waals surface area contributed by atoms with Crippen molar-refractivity contribution in [2.45, 2.75) is 19.3 Å². The number of aromatic nitrogens is 3. The average molecular weight is 255 g/mol. The first-order valence-electron chi connectivity index (χ1n) is 6.17. The highest BCUT2D eigenvalue weighted by Crippen LogP contribution is 1.93. The van der Waals surface area contributed by atoms with Crippen LogP contribution in [0.1, 0.15) is 18.5 Å². The zero-order valence-corrected chi connectivity index (χ0v) is 10.7. The molecule has 0 bridgehead atoms. The summed E-state index contributed by atoms with van der Waals surface area (Å²) in [6, 6.07) is 0. The predicted octanol–water partition coefficient (Wildman–Crippen LogP) is -0.520. The van der Waals surface area contributed by atoms with E-state index in [2.05, 4.69) is 26.0 Å². The Balaban J connectivity index is 1.80. The lowest BCUT2D eigenvalue weighted by molar-refractivity contribution is -0.119. The summed E-state index contributed by atoms with van der Waals surface area (Å²) >= 11 is 0. The number of carbonyl (C=O) groups is 1. The van der Waals surface area contributed by atoms with E-state index in [1.807, 2.05) is 0 Å². The minimum absolute atomic E-state index is 0.0128. The first kappa shape index (κ1) is 14.6. The van der Waals surface area contributed by atoms with Crippen LogP contribution in [0.5, 0.6) is 0 Å². The van der Waals surface area contributed by atoms with Gasteiger partial charge in [-0.15, -0.1) is 5.10 Å². The minimum atomic E-state index is 0.0128. The van der Waals surface area contributed by atoms with Crippen LogP contribution in [0.15, 0.2) is 6.20 Å². The molecule has 1 amide bonds. The topological polar surface area (TPSA) is 91.9 Å². The summed E-state index contributed by atoms with van der Waals surface area (Å²) < 4.78 is 5.47. The smallest absolute Gasteiger partial charge is 0.233 e. The van der Waals surface area contributed by atoms with Crippen LogP contribution >= 0.6 is 0 Å². The molecule has 0 radical (unpaired) electrons. The fraction of sp³-hybridized carbons (Fsp3) is 0.727. The standard InChI is InChI=1S/C11H21N5O2/c1-12-11(17)9-13-5-2-3-6-18-7-4-10-8-14-16-15-10/h8,13H,2-7,9H2,1H3,(H,12,17)(H,14,15,16). The molecule has 1 aromatic heterocycles. The molecule has 7 nitrogen and oxygen atoms in total. The van der Waals surface area contributed by atoms with E-state index in [1.165, 1.54) is 0 Å². The number of rotatable bonds is 10. The van der Waals surface area contributed by atoms with Crippen LogP contribution in [0.2, 0.25) is 0 Å². The number of ether oxygens (including phenoxy) is 1. The second-order valence-electron chi connectivity index (χ2n) is 3.88. The Morgan fingerprint density at radius 1 is 1.44 bits per heavy atom. The molecule has 0 spiro atoms.